The monoisotopic (exact) mass is 143 g/mol. The molecule has 1 aromatic rings. The van der Waals surface area contributed by atoms with Gasteiger partial charge in [-0.15, -0.1) is 0 Å². The Morgan fingerprint density at radius 2 is 2.20 bits per heavy atom. The van der Waals surface area contributed by atoms with Gasteiger partial charge in [-0.2, -0.15) is 4.39 Å². The van der Waals surface area contributed by atoms with E-state index in [0.29, 0.717) is 12.0 Å². The summed E-state index contributed by atoms with van der Waals surface area (Å²) in [7, 11) is 0. The number of hydrogen-bond donors (Lipinski definition) is 0. The largest absolute Gasteiger partial charge is 0.228 e. The lowest BCUT2D eigenvalue weighted by molar-refractivity contribution is 0.544. The van der Waals surface area contributed by atoms with Crippen molar-refractivity contribution in [3.63, 3.8) is 0 Å². The maximum atomic E-state index is 12.6. The molecule has 0 aromatic carbocycles. The predicted molar refractivity (Wildman–Crippen MR) is 33.5 cm³/mol. The zero-order valence-electron chi connectivity index (χ0n) is 5.56. The Bertz CT molecular complexity index is 235. The van der Waals surface area contributed by atoms with Gasteiger partial charge in [-0.1, -0.05) is 6.92 Å². The fourth-order valence-corrected chi connectivity index (χ4v) is 0.696. The summed E-state index contributed by atoms with van der Waals surface area (Å²) in [5.41, 5.74) is 0.446. The van der Waals surface area contributed by atoms with Crippen LogP contribution >= 0.6 is 0 Å². The van der Waals surface area contributed by atoms with Gasteiger partial charge in [0.2, 0.25) is 5.95 Å². The standard InChI is InChI=1S/C7H7F2N/c1-2-5-4-10-7(9)3-6(5)8/h3-4H,2H2,1H3. The highest BCUT2D eigenvalue weighted by Gasteiger charge is 2.00. The summed E-state index contributed by atoms with van der Waals surface area (Å²) in [6.07, 6.45) is 1.75. The molecule has 10 heavy (non-hydrogen) atoms. The van der Waals surface area contributed by atoms with E-state index in [1.807, 2.05) is 0 Å². The summed E-state index contributed by atoms with van der Waals surface area (Å²) in [5, 5.41) is 0. The van der Waals surface area contributed by atoms with E-state index in [4.69, 9.17) is 0 Å². The molecule has 1 aromatic heterocycles. The van der Waals surface area contributed by atoms with Crippen LogP contribution in [0.15, 0.2) is 12.3 Å². The van der Waals surface area contributed by atoms with Crippen LogP contribution in [0, 0.1) is 11.8 Å². The van der Waals surface area contributed by atoms with Crippen LogP contribution in [0.1, 0.15) is 12.5 Å². The molecular formula is C7H7F2N. The van der Waals surface area contributed by atoms with Gasteiger partial charge >= 0.3 is 0 Å². The average Bonchev–Trinajstić information content (AvgIpc) is 1.88. The third-order valence-electron chi connectivity index (χ3n) is 1.28. The fourth-order valence-electron chi connectivity index (χ4n) is 0.696. The first-order valence-electron chi connectivity index (χ1n) is 3.04. The maximum Gasteiger partial charge on any atom is 0.215 e. The SMILES string of the molecule is CCc1cnc(F)cc1F. The highest BCUT2D eigenvalue weighted by molar-refractivity contribution is 5.11. The van der Waals surface area contributed by atoms with Gasteiger partial charge in [-0.25, -0.2) is 9.37 Å². The van der Waals surface area contributed by atoms with E-state index >= 15 is 0 Å². The first kappa shape index (κ1) is 7.12. The van der Waals surface area contributed by atoms with Crippen LogP contribution in [0.3, 0.4) is 0 Å². The first-order valence-corrected chi connectivity index (χ1v) is 3.04. The van der Waals surface area contributed by atoms with Gasteiger partial charge in [0.1, 0.15) is 5.82 Å². The molecule has 0 bridgehead atoms. The van der Waals surface area contributed by atoms with Crippen LogP contribution in [-0.4, -0.2) is 4.98 Å². The lowest BCUT2D eigenvalue weighted by Crippen LogP contribution is -1.91. The smallest absolute Gasteiger partial charge is 0.215 e. The molecule has 0 aliphatic carbocycles. The van der Waals surface area contributed by atoms with Crippen molar-refractivity contribution in [1.82, 2.24) is 4.98 Å². The molecular weight excluding hydrogens is 136 g/mol. The van der Waals surface area contributed by atoms with Gasteiger partial charge < -0.3 is 0 Å². The van der Waals surface area contributed by atoms with E-state index in [9.17, 15) is 8.78 Å². The van der Waals surface area contributed by atoms with E-state index in [2.05, 4.69) is 4.98 Å². The van der Waals surface area contributed by atoms with Gasteiger partial charge in [-0.3, -0.25) is 0 Å². The van der Waals surface area contributed by atoms with Crippen molar-refractivity contribution < 1.29 is 8.78 Å². The van der Waals surface area contributed by atoms with E-state index in [-0.39, 0.29) is 0 Å². The lowest BCUT2D eigenvalue weighted by Gasteiger charge is -1.95. The van der Waals surface area contributed by atoms with Gasteiger partial charge in [-0.05, 0) is 6.42 Å². The van der Waals surface area contributed by atoms with E-state index in [1.165, 1.54) is 6.20 Å². The summed E-state index contributed by atoms with van der Waals surface area (Å²) in [6.45, 7) is 1.79. The van der Waals surface area contributed by atoms with Crippen LogP contribution in [0.4, 0.5) is 8.78 Å². The van der Waals surface area contributed by atoms with Crippen LogP contribution in [-0.2, 0) is 6.42 Å². The number of hydrogen-bond acceptors (Lipinski definition) is 1. The fraction of sp³-hybridized carbons (Fsp3) is 0.286. The molecule has 1 rings (SSSR count). The molecule has 0 saturated carbocycles. The second-order valence-electron chi connectivity index (χ2n) is 1.95. The molecule has 0 N–H and O–H groups in total. The highest BCUT2D eigenvalue weighted by Crippen LogP contribution is 2.06. The van der Waals surface area contributed by atoms with Crippen molar-refractivity contribution in [3.05, 3.63) is 29.6 Å². The summed E-state index contributed by atoms with van der Waals surface area (Å²) in [4.78, 5) is 3.30. The Morgan fingerprint density at radius 1 is 1.50 bits per heavy atom. The van der Waals surface area contributed by atoms with E-state index in [0.717, 1.165) is 6.07 Å². The van der Waals surface area contributed by atoms with Gasteiger partial charge in [0.25, 0.3) is 0 Å². The summed E-state index contributed by atoms with van der Waals surface area (Å²) in [6, 6.07) is 0.791. The predicted octanol–water partition coefficient (Wildman–Crippen LogP) is 1.92. The molecule has 0 radical (unpaired) electrons. The third kappa shape index (κ3) is 1.29. The van der Waals surface area contributed by atoms with Gasteiger partial charge in [0, 0.05) is 17.8 Å². The molecule has 54 valence electrons. The Labute approximate surface area is 57.7 Å². The second-order valence-corrected chi connectivity index (χ2v) is 1.95. The lowest BCUT2D eigenvalue weighted by atomic mass is 10.2. The number of aromatic nitrogens is 1. The molecule has 0 aliphatic heterocycles. The Kier molecular flexibility index (Phi) is 1.94. The van der Waals surface area contributed by atoms with Crippen LogP contribution in [0.25, 0.3) is 0 Å². The molecule has 1 heterocycles. The van der Waals surface area contributed by atoms with Crippen molar-refractivity contribution in [3.8, 4) is 0 Å². The molecule has 0 aliphatic rings. The molecule has 0 saturated heterocycles. The number of rotatable bonds is 1. The quantitative estimate of drug-likeness (QED) is 0.547. The van der Waals surface area contributed by atoms with Crippen LogP contribution in [0.2, 0.25) is 0 Å². The third-order valence-corrected chi connectivity index (χ3v) is 1.28. The molecule has 0 spiro atoms. The zero-order chi connectivity index (χ0) is 7.56. The van der Waals surface area contributed by atoms with Crippen LogP contribution < -0.4 is 0 Å². The molecule has 3 heteroatoms. The maximum absolute atomic E-state index is 12.6. The minimum atomic E-state index is -0.769. The van der Waals surface area contributed by atoms with Crippen molar-refractivity contribution in [2.45, 2.75) is 13.3 Å². The van der Waals surface area contributed by atoms with Crippen molar-refractivity contribution >= 4 is 0 Å². The Morgan fingerprint density at radius 3 is 2.70 bits per heavy atom. The summed E-state index contributed by atoms with van der Waals surface area (Å²) < 4.78 is 24.7. The molecule has 0 amide bonds. The number of halogens is 2. The topological polar surface area (TPSA) is 12.9 Å². The van der Waals surface area contributed by atoms with Crippen LogP contribution in [0.5, 0.6) is 0 Å². The van der Waals surface area contributed by atoms with E-state index < -0.39 is 11.8 Å². The Balaban J connectivity index is 3.07. The van der Waals surface area contributed by atoms with Crippen molar-refractivity contribution in [1.29, 1.82) is 0 Å². The molecule has 0 fully saturated rings. The number of pyridine rings is 1. The first-order chi connectivity index (χ1) is 4.74. The van der Waals surface area contributed by atoms with Gasteiger partial charge in [0.05, 0.1) is 0 Å². The highest BCUT2D eigenvalue weighted by atomic mass is 19.1. The number of nitrogens with zero attached hydrogens (tertiary/aromatic N) is 1. The molecule has 0 atom stereocenters. The molecule has 0 unspecified atom stereocenters. The minimum Gasteiger partial charge on any atom is -0.228 e. The second kappa shape index (κ2) is 2.73. The van der Waals surface area contributed by atoms with Gasteiger partial charge in [0.15, 0.2) is 0 Å². The number of aryl methyl sites for hydroxylation is 1. The molecule has 1 nitrogen and oxygen atoms in total. The summed E-state index contributed by atoms with van der Waals surface area (Å²) in [5.74, 6) is -1.29. The summed E-state index contributed by atoms with van der Waals surface area (Å²) >= 11 is 0. The van der Waals surface area contributed by atoms with Crippen molar-refractivity contribution in [2.24, 2.45) is 0 Å². The normalized spacial score (nSPS) is 9.90. The Hall–Kier alpha value is -0.990. The average molecular weight is 143 g/mol. The zero-order valence-corrected chi connectivity index (χ0v) is 5.56. The van der Waals surface area contributed by atoms with E-state index in [1.54, 1.807) is 6.92 Å². The van der Waals surface area contributed by atoms with Crippen molar-refractivity contribution in [2.75, 3.05) is 0 Å². The minimum absolute atomic E-state index is 0.446.